The number of aryl methyl sites for hydroxylation is 1. The van der Waals surface area contributed by atoms with Crippen LogP contribution in [0.5, 0.6) is 0 Å². The van der Waals surface area contributed by atoms with Crippen LogP contribution in [0.25, 0.3) is 11.4 Å². The third-order valence-electron chi connectivity index (χ3n) is 2.38. The molecular weight excluding hydrogens is 332 g/mol. The van der Waals surface area contributed by atoms with Crippen molar-refractivity contribution in [3.05, 3.63) is 39.6 Å². The fraction of sp³-hybridized carbons (Fsp3) is 0.182. The van der Waals surface area contributed by atoms with E-state index in [0.717, 1.165) is 12.1 Å². The lowest BCUT2D eigenvalue weighted by molar-refractivity contribution is -0.137. The van der Waals surface area contributed by atoms with Crippen LogP contribution in [0.2, 0.25) is 5.02 Å². The van der Waals surface area contributed by atoms with Crippen LogP contribution < -0.4 is 0 Å². The summed E-state index contributed by atoms with van der Waals surface area (Å²) in [7, 11) is 1.74. The standard InChI is InChI=1S/C11H7BrClF3N2/c1-18-5-9(12)17-10(18)7-3-2-6(4-8(7)13)11(14,15)16/h2-5H,1H3. The minimum absolute atomic E-state index is 0.0195. The first-order valence-corrected chi connectivity index (χ1v) is 6.02. The molecule has 2 rings (SSSR count). The van der Waals surface area contributed by atoms with Gasteiger partial charge in [0.05, 0.1) is 10.6 Å². The van der Waals surface area contributed by atoms with E-state index in [1.54, 1.807) is 17.8 Å². The van der Waals surface area contributed by atoms with Crippen molar-refractivity contribution in [2.45, 2.75) is 6.18 Å². The molecule has 1 aromatic heterocycles. The molecule has 0 aliphatic carbocycles. The summed E-state index contributed by atoms with van der Waals surface area (Å²) >= 11 is 9.08. The van der Waals surface area contributed by atoms with Gasteiger partial charge in [0.15, 0.2) is 0 Å². The Morgan fingerprint density at radius 2 is 2.00 bits per heavy atom. The summed E-state index contributed by atoms with van der Waals surface area (Å²) in [6, 6.07) is 3.21. The van der Waals surface area contributed by atoms with Crippen LogP contribution in [0.3, 0.4) is 0 Å². The molecule has 0 unspecified atom stereocenters. The van der Waals surface area contributed by atoms with Gasteiger partial charge in [-0.15, -0.1) is 0 Å². The maximum Gasteiger partial charge on any atom is 0.416 e. The molecule has 18 heavy (non-hydrogen) atoms. The first kappa shape index (κ1) is 13.4. The van der Waals surface area contributed by atoms with E-state index in [9.17, 15) is 13.2 Å². The number of nitrogens with zero attached hydrogens (tertiary/aromatic N) is 2. The van der Waals surface area contributed by atoms with Crippen molar-refractivity contribution < 1.29 is 13.2 Å². The number of rotatable bonds is 1. The maximum atomic E-state index is 12.5. The quantitative estimate of drug-likeness (QED) is 0.747. The van der Waals surface area contributed by atoms with E-state index in [4.69, 9.17) is 11.6 Å². The Morgan fingerprint density at radius 1 is 1.33 bits per heavy atom. The molecule has 1 heterocycles. The molecule has 0 bridgehead atoms. The Kier molecular flexibility index (Phi) is 3.42. The normalized spacial score (nSPS) is 11.9. The van der Waals surface area contributed by atoms with E-state index in [1.807, 2.05) is 0 Å². The molecule has 96 valence electrons. The van der Waals surface area contributed by atoms with E-state index in [2.05, 4.69) is 20.9 Å². The van der Waals surface area contributed by atoms with Crippen molar-refractivity contribution in [1.29, 1.82) is 0 Å². The summed E-state index contributed by atoms with van der Waals surface area (Å²) in [6.07, 6.45) is -2.70. The van der Waals surface area contributed by atoms with Gasteiger partial charge in [-0.3, -0.25) is 0 Å². The number of hydrogen-bond acceptors (Lipinski definition) is 1. The number of imidazole rings is 1. The van der Waals surface area contributed by atoms with Crippen molar-refractivity contribution in [2.24, 2.45) is 7.05 Å². The molecule has 7 heteroatoms. The lowest BCUT2D eigenvalue weighted by Crippen LogP contribution is -2.05. The van der Waals surface area contributed by atoms with Gasteiger partial charge in [-0.25, -0.2) is 4.98 Å². The number of benzene rings is 1. The predicted molar refractivity (Wildman–Crippen MR) is 66.4 cm³/mol. The van der Waals surface area contributed by atoms with Crippen LogP contribution >= 0.6 is 27.5 Å². The first-order valence-electron chi connectivity index (χ1n) is 4.85. The monoisotopic (exact) mass is 338 g/mol. The van der Waals surface area contributed by atoms with Gasteiger partial charge < -0.3 is 4.57 Å². The second kappa shape index (κ2) is 4.59. The summed E-state index contributed by atoms with van der Waals surface area (Å²) < 4.78 is 39.8. The van der Waals surface area contributed by atoms with Crippen LogP contribution in [0.4, 0.5) is 13.2 Å². The van der Waals surface area contributed by atoms with Crippen LogP contribution in [-0.4, -0.2) is 9.55 Å². The largest absolute Gasteiger partial charge is 0.416 e. The lowest BCUT2D eigenvalue weighted by Gasteiger charge is -2.09. The summed E-state index contributed by atoms with van der Waals surface area (Å²) in [5, 5.41) is 0.0195. The molecule has 2 nitrogen and oxygen atoms in total. The van der Waals surface area contributed by atoms with E-state index in [1.165, 1.54) is 6.07 Å². The van der Waals surface area contributed by atoms with Gasteiger partial charge in [0.25, 0.3) is 0 Å². The van der Waals surface area contributed by atoms with E-state index in [0.29, 0.717) is 16.0 Å². The summed E-state index contributed by atoms with van der Waals surface area (Å²) in [4.78, 5) is 4.15. The molecule has 0 saturated carbocycles. The minimum atomic E-state index is -4.40. The average Bonchev–Trinajstić information content (AvgIpc) is 2.56. The first-order chi connectivity index (χ1) is 8.29. The zero-order valence-electron chi connectivity index (χ0n) is 9.09. The fourth-order valence-corrected chi connectivity index (χ4v) is 2.29. The molecular formula is C11H7BrClF3N2. The third kappa shape index (κ3) is 2.54. The van der Waals surface area contributed by atoms with Crippen LogP contribution in [0, 0.1) is 0 Å². The Balaban J connectivity index is 2.51. The van der Waals surface area contributed by atoms with Gasteiger partial charge in [-0.1, -0.05) is 11.6 Å². The highest BCUT2D eigenvalue weighted by Gasteiger charge is 2.31. The van der Waals surface area contributed by atoms with Crippen molar-refractivity contribution in [3.8, 4) is 11.4 Å². The Bertz CT molecular complexity index is 592. The third-order valence-corrected chi connectivity index (χ3v) is 3.08. The highest BCUT2D eigenvalue weighted by atomic mass is 79.9. The smallest absolute Gasteiger partial charge is 0.333 e. The van der Waals surface area contributed by atoms with Crippen LogP contribution in [0.1, 0.15) is 5.56 Å². The van der Waals surface area contributed by atoms with Gasteiger partial charge in [-0.05, 0) is 34.1 Å². The molecule has 0 amide bonds. The fourth-order valence-electron chi connectivity index (χ4n) is 1.55. The van der Waals surface area contributed by atoms with Gasteiger partial charge in [-0.2, -0.15) is 13.2 Å². The van der Waals surface area contributed by atoms with Crippen LogP contribution in [0.15, 0.2) is 29.0 Å². The average molecular weight is 340 g/mol. The number of halogens is 5. The Hall–Kier alpha value is -1.01. The van der Waals surface area contributed by atoms with Gasteiger partial charge in [0.2, 0.25) is 0 Å². The topological polar surface area (TPSA) is 17.8 Å². The molecule has 2 aromatic rings. The van der Waals surface area contributed by atoms with E-state index in [-0.39, 0.29) is 5.02 Å². The SMILES string of the molecule is Cn1cc(Br)nc1-c1ccc(C(F)(F)F)cc1Cl. The molecule has 0 spiro atoms. The van der Waals surface area contributed by atoms with Gasteiger partial charge in [0, 0.05) is 18.8 Å². The molecule has 0 radical (unpaired) electrons. The molecule has 0 fully saturated rings. The number of aromatic nitrogens is 2. The van der Waals surface area contributed by atoms with Gasteiger partial charge in [0.1, 0.15) is 10.4 Å². The van der Waals surface area contributed by atoms with Crippen molar-refractivity contribution in [1.82, 2.24) is 9.55 Å². The molecule has 0 saturated heterocycles. The van der Waals surface area contributed by atoms with E-state index >= 15 is 0 Å². The number of hydrogen-bond donors (Lipinski definition) is 0. The lowest BCUT2D eigenvalue weighted by atomic mass is 10.1. The molecule has 0 aliphatic heterocycles. The number of alkyl halides is 3. The van der Waals surface area contributed by atoms with E-state index < -0.39 is 11.7 Å². The zero-order chi connectivity index (χ0) is 13.5. The zero-order valence-corrected chi connectivity index (χ0v) is 11.4. The summed E-state index contributed by atoms with van der Waals surface area (Å²) in [5.74, 6) is 0.501. The molecule has 0 aliphatic rings. The predicted octanol–water partition coefficient (Wildman–Crippen LogP) is 4.52. The summed E-state index contributed by atoms with van der Waals surface area (Å²) in [5.41, 5.74) is -0.317. The Labute approximate surface area is 115 Å². The second-order valence-corrected chi connectivity index (χ2v) is 4.91. The van der Waals surface area contributed by atoms with Gasteiger partial charge >= 0.3 is 6.18 Å². The molecule has 0 atom stereocenters. The maximum absolute atomic E-state index is 12.5. The minimum Gasteiger partial charge on any atom is -0.333 e. The second-order valence-electron chi connectivity index (χ2n) is 3.69. The highest BCUT2D eigenvalue weighted by Crippen LogP contribution is 2.35. The van der Waals surface area contributed by atoms with Crippen molar-refractivity contribution in [2.75, 3.05) is 0 Å². The highest BCUT2D eigenvalue weighted by molar-refractivity contribution is 9.10. The molecule has 1 aromatic carbocycles. The van der Waals surface area contributed by atoms with Crippen molar-refractivity contribution >= 4 is 27.5 Å². The van der Waals surface area contributed by atoms with Crippen molar-refractivity contribution in [3.63, 3.8) is 0 Å². The summed E-state index contributed by atoms with van der Waals surface area (Å²) in [6.45, 7) is 0. The Morgan fingerprint density at radius 3 is 2.44 bits per heavy atom. The molecule has 0 N–H and O–H groups in total. The van der Waals surface area contributed by atoms with Crippen LogP contribution in [-0.2, 0) is 13.2 Å².